The largest absolute Gasteiger partial charge is 0.309 e. The molecule has 2 atom stereocenters. The highest BCUT2D eigenvalue weighted by molar-refractivity contribution is 6.20. The van der Waals surface area contributed by atoms with Gasteiger partial charge in [-0.15, -0.1) is 0 Å². The summed E-state index contributed by atoms with van der Waals surface area (Å²) in [7, 11) is 0. The van der Waals surface area contributed by atoms with Crippen LogP contribution < -0.4 is 0 Å². The zero-order valence-electron chi connectivity index (χ0n) is 33.1. The van der Waals surface area contributed by atoms with Gasteiger partial charge in [-0.25, -0.2) is 4.98 Å². The summed E-state index contributed by atoms with van der Waals surface area (Å²) < 4.78 is 4.83. The van der Waals surface area contributed by atoms with Gasteiger partial charge >= 0.3 is 0 Å². The van der Waals surface area contributed by atoms with Gasteiger partial charge in [0.15, 0.2) is 11.6 Å². The van der Waals surface area contributed by atoms with Crippen LogP contribution in [-0.2, 0) is 16.2 Å². The molecule has 5 heteroatoms. The third-order valence-electron chi connectivity index (χ3n) is 13.5. The lowest BCUT2D eigenvalue weighted by atomic mass is 9.54. The number of hydrogen-bond acceptors (Lipinski definition) is 3. The standard InChI is InChI=1S/C51H45N5/c1-30-29-51(7)39-20-13-18-35-37-27-36-34-17-11-12-21-40(34)56(43(36)28-42(37)55(45(35)39)41-22-14-19-38(44(41)51)50(30,5)6)48-53-46(31-15-9-8-10-16-31)52-47(54-48)32-23-25-33(26-24-32)49(2,3)4/h8-28,30H,29H2,1-7H3. The summed E-state index contributed by atoms with van der Waals surface area (Å²) in [6.45, 7) is 16.5. The fraction of sp³-hybridized carbons (Fsp3) is 0.235. The third-order valence-corrected chi connectivity index (χ3v) is 13.5. The van der Waals surface area contributed by atoms with Gasteiger partial charge in [-0.2, -0.15) is 9.97 Å². The summed E-state index contributed by atoms with van der Waals surface area (Å²) in [6.07, 6.45) is 1.12. The monoisotopic (exact) mass is 727 g/mol. The van der Waals surface area contributed by atoms with Gasteiger partial charge in [0.2, 0.25) is 5.95 Å². The van der Waals surface area contributed by atoms with E-state index in [0.717, 1.165) is 28.6 Å². The Morgan fingerprint density at radius 1 is 0.571 bits per heavy atom. The van der Waals surface area contributed by atoms with Crippen molar-refractivity contribution >= 4 is 43.6 Å². The summed E-state index contributed by atoms with van der Waals surface area (Å²) in [5.74, 6) is 2.45. The molecule has 1 aliphatic heterocycles. The van der Waals surface area contributed by atoms with Crippen LogP contribution in [0.25, 0.3) is 78.0 Å². The lowest BCUT2D eigenvalue weighted by Crippen LogP contribution is -2.44. The van der Waals surface area contributed by atoms with Crippen LogP contribution in [0, 0.1) is 5.92 Å². The zero-order valence-corrected chi connectivity index (χ0v) is 33.1. The first-order valence-electron chi connectivity index (χ1n) is 20.0. The van der Waals surface area contributed by atoms with Crippen molar-refractivity contribution in [2.45, 2.75) is 71.1 Å². The lowest BCUT2D eigenvalue weighted by Gasteiger charge is -2.50. The van der Waals surface area contributed by atoms with E-state index in [1.54, 1.807) is 0 Å². The molecule has 0 fully saturated rings. The minimum atomic E-state index is -0.0771. The number of fused-ring (bicyclic) bond motifs is 8. The summed E-state index contributed by atoms with van der Waals surface area (Å²) in [5.41, 5.74) is 13.6. The normalized spacial score (nSPS) is 18.6. The predicted molar refractivity (Wildman–Crippen MR) is 231 cm³/mol. The number of hydrogen-bond donors (Lipinski definition) is 0. The average molecular weight is 728 g/mol. The minimum absolute atomic E-state index is 0.0440. The van der Waals surface area contributed by atoms with Gasteiger partial charge in [0.05, 0.1) is 27.8 Å². The molecule has 0 amide bonds. The van der Waals surface area contributed by atoms with Crippen LogP contribution in [0.4, 0.5) is 0 Å². The van der Waals surface area contributed by atoms with Gasteiger partial charge in [-0.3, -0.25) is 4.57 Å². The highest BCUT2D eigenvalue weighted by Gasteiger charge is 2.49. The Hall–Kier alpha value is -6.07. The SMILES string of the molecule is CC1CC2(C)c3c(cccc3C1(C)C)-n1c3cc4c(cc3c3cccc2c31)c1ccccc1n4-c1nc(-c2ccccc2)nc(-c2ccc(C(C)(C)C)cc2)n1. The molecule has 11 rings (SSSR count). The Morgan fingerprint density at radius 2 is 1.20 bits per heavy atom. The molecule has 0 saturated carbocycles. The molecule has 6 aromatic carbocycles. The smallest absolute Gasteiger partial charge is 0.238 e. The molecule has 4 heterocycles. The second kappa shape index (κ2) is 11.3. The Morgan fingerprint density at radius 3 is 1.95 bits per heavy atom. The average Bonchev–Trinajstić information content (AvgIpc) is 3.71. The first-order valence-corrected chi connectivity index (χ1v) is 20.0. The molecule has 0 radical (unpaired) electrons. The quantitative estimate of drug-likeness (QED) is 0.182. The maximum atomic E-state index is 5.30. The predicted octanol–water partition coefficient (Wildman–Crippen LogP) is 12.6. The molecule has 0 bridgehead atoms. The van der Waals surface area contributed by atoms with Gasteiger partial charge in [-0.1, -0.05) is 152 Å². The number of para-hydroxylation sites is 2. The van der Waals surface area contributed by atoms with Crippen molar-refractivity contribution in [3.8, 4) is 34.4 Å². The Kier molecular flexibility index (Phi) is 6.69. The number of benzene rings is 6. The number of rotatable bonds is 3. The Labute approximate surface area is 327 Å². The van der Waals surface area contributed by atoms with Gasteiger partial charge in [0.25, 0.3) is 0 Å². The van der Waals surface area contributed by atoms with Crippen LogP contribution in [0.15, 0.2) is 127 Å². The number of aromatic nitrogens is 5. The van der Waals surface area contributed by atoms with E-state index in [2.05, 4.69) is 167 Å². The van der Waals surface area contributed by atoms with Gasteiger partial charge < -0.3 is 4.57 Å². The van der Waals surface area contributed by atoms with Gasteiger partial charge in [0, 0.05) is 38.1 Å². The van der Waals surface area contributed by atoms with Crippen molar-refractivity contribution in [3.63, 3.8) is 0 Å². The maximum Gasteiger partial charge on any atom is 0.238 e. The van der Waals surface area contributed by atoms with E-state index in [0.29, 0.717) is 23.5 Å². The molecule has 1 aliphatic carbocycles. The van der Waals surface area contributed by atoms with E-state index in [1.165, 1.54) is 60.5 Å². The molecule has 5 nitrogen and oxygen atoms in total. The van der Waals surface area contributed by atoms with E-state index >= 15 is 0 Å². The summed E-state index contributed by atoms with van der Waals surface area (Å²) in [6, 6.07) is 46.5. The topological polar surface area (TPSA) is 48.5 Å². The van der Waals surface area contributed by atoms with E-state index < -0.39 is 0 Å². The highest BCUT2D eigenvalue weighted by Crippen LogP contribution is 2.58. The summed E-state index contributed by atoms with van der Waals surface area (Å²) in [5, 5.41) is 4.93. The molecule has 274 valence electrons. The highest BCUT2D eigenvalue weighted by atomic mass is 15.2. The minimum Gasteiger partial charge on any atom is -0.309 e. The lowest BCUT2D eigenvalue weighted by molar-refractivity contribution is 0.244. The second-order valence-corrected chi connectivity index (χ2v) is 18.1. The second-order valence-electron chi connectivity index (χ2n) is 18.1. The van der Waals surface area contributed by atoms with Crippen molar-refractivity contribution in [1.29, 1.82) is 0 Å². The molecule has 9 aromatic rings. The van der Waals surface area contributed by atoms with E-state index in [4.69, 9.17) is 15.0 Å². The number of nitrogens with zero attached hydrogens (tertiary/aromatic N) is 5. The molecule has 2 aliphatic rings. The molecule has 0 saturated heterocycles. The van der Waals surface area contributed by atoms with Crippen LogP contribution in [0.2, 0.25) is 0 Å². The molecule has 0 spiro atoms. The van der Waals surface area contributed by atoms with Crippen molar-refractivity contribution in [3.05, 3.63) is 150 Å². The first-order chi connectivity index (χ1) is 26.9. The van der Waals surface area contributed by atoms with Crippen LogP contribution in [0.5, 0.6) is 0 Å². The summed E-state index contributed by atoms with van der Waals surface area (Å²) >= 11 is 0. The molecular formula is C51H45N5. The Bertz CT molecular complexity index is 3080. The molecule has 3 aromatic heterocycles. The van der Waals surface area contributed by atoms with E-state index in [-0.39, 0.29) is 16.2 Å². The van der Waals surface area contributed by atoms with E-state index in [1.807, 2.05) is 18.2 Å². The van der Waals surface area contributed by atoms with Gasteiger partial charge in [0.1, 0.15) is 0 Å². The van der Waals surface area contributed by atoms with Gasteiger partial charge in [-0.05, 0) is 69.7 Å². The van der Waals surface area contributed by atoms with Crippen LogP contribution in [0.3, 0.4) is 0 Å². The van der Waals surface area contributed by atoms with Crippen molar-refractivity contribution in [2.24, 2.45) is 5.92 Å². The van der Waals surface area contributed by atoms with Crippen LogP contribution in [-0.4, -0.2) is 24.1 Å². The summed E-state index contributed by atoms with van der Waals surface area (Å²) in [4.78, 5) is 15.7. The van der Waals surface area contributed by atoms with Crippen LogP contribution in [0.1, 0.15) is 77.1 Å². The van der Waals surface area contributed by atoms with Crippen molar-refractivity contribution < 1.29 is 0 Å². The zero-order chi connectivity index (χ0) is 38.3. The van der Waals surface area contributed by atoms with Crippen LogP contribution >= 0.6 is 0 Å². The first kappa shape index (κ1) is 33.3. The van der Waals surface area contributed by atoms with E-state index in [9.17, 15) is 0 Å². The maximum absolute atomic E-state index is 5.30. The molecule has 2 unspecified atom stereocenters. The fourth-order valence-corrected chi connectivity index (χ4v) is 10.2. The fourth-order valence-electron chi connectivity index (χ4n) is 10.2. The molecule has 56 heavy (non-hydrogen) atoms. The Balaban J connectivity index is 1.23. The molecule has 0 N–H and O–H groups in total. The third kappa shape index (κ3) is 4.46. The van der Waals surface area contributed by atoms with Crippen molar-refractivity contribution in [2.75, 3.05) is 0 Å². The molecular weight excluding hydrogens is 683 g/mol. The van der Waals surface area contributed by atoms with Crippen molar-refractivity contribution in [1.82, 2.24) is 24.1 Å².